The van der Waals surface area contributed by atoms with Crippen LogP contribution in [0, 0.1) is 6.92 Å². The van der Waals surface area contributed by atoms with Gasteiger partial charge in [0.05, 0.1) is 0 Å². The van der Waals surface area contributed by atoms with Crippen molar-refractivity contribution >= 4 is 5.97 Å². The molecule has 11 heavy (non-hydrogen) atoms. The summed E-state index contributed by atoms with van der Waals surface area (Å²) in [7, 11) is 0. The highest BCUT2D eigenvalue weighted by Crippen LogP contribution is 2.17. The molecule has 3 nitrogen and oxygen atoms in total. The Kier molecular flexibility index (Phi) is 1.81. The third kappa shape index (κ3) is 1.49. The molecular formula is C8H7O3. The predicted octanol–water partition coefficient (Wildman–Crippen LogP) is 1.27. The summed E-state index contributed by atoms with van der Waals surface area (Å²) in [4.78, 5) is 10.3. The van der Waals surface area contributed by atoms with Crippen LogP contribution in [-0.2, 0) is 5.11 Å². The van der Waals surface area contributed by atoms with Gasteiger partial charge < -0.3 is 5.11 Å². The van der Waals surface area contributed by atoms with Crippen molar-refractivity contribution in [3.05, 3.63) is 29.3 Å². The van der Waals surface area contributed by atoms with Crippen molar-refractivity contribution in [3.8, 4) is 5.75 Å². The summed E-state index contributed by atoms with van der Waals surface area (Å²) in [5, 5.41) is 19.3. The van der Waals surface area contributed by atoms with Gasteiger partial charge in [-0.2, -0.15) is 0 Å². The van der Waals surface area contributed by atoms with Crippen molar-refractivity contribution < 1.29 is 15.0 Å². The van der Waals surface area contributed by atoms with Crippen molar-refractivity contribution in [2.75, 3.05) is 0 Å². The highest BCUT2D eigenvalue weighted by atomic mass is 16.4. The molecule has 0 amide bonds. The molecule has 0 saturated carbocycles. The molecule has 0 aliphatic rings. The molecule has 1 radical (unpaired) electrons. The Labute approximate surface area is 63.9 Å². The number of hydrogen-bond acceptors (Lipinski definition) is 2. The van der Waals surface area contributed by atoms with E-state index in [1.54, 1.807) is 13.0 Å². The second-order valence-electron chi connectivity index (χ2n) is 2.31. The fraction of sp³-hybridized carbons (Fsp3) is 0.125. The van der Waals surface area contributed by atoms with E-state index in [9.17, 15) is 9.90 Å². The van der Waals surface area contributed by atoms with Gasteiger partial charge in [-0.15, -0.1) is 0 Å². The maximum Gasteiger partial charge on any atom is 0.390 e. The zero-order chi connectivity index (χ0) is 8.43. The van der Waals surface area contributed by atoms with Crippen LogP contribution in [0.2, 0.25) is 0 Å². The van der Waals surface area contributed by atoms with Crippen LogP contribution in [0.5, 0.6) is 5.75 Å². The lowest BCUT2D eigenvalue weighted by Crippen LogP contribution is -1.94. The van der Waals surface area contributed by atoms with Gasteiger partial charge in [0.1, 0.15) is 11.3 Å². The quantitative estimate of drug-likeness (QED) is 0.657. The molecule has 0 aliphatic heterocycles. The van der Waals surface area contributed by atoms with E-state index >= 15 is 0 Å². The van der Waals surface area contributed by atoms with E-state index in [0.29, 0.717) is 0 Å². The van der Waals surface area contributed by atoms with E-state index < -0.39 is 5.97 Å². The average Bonchev–Trinajstić information content (AvgIpc) is 1.94. The number of benzene rings is 1. The molecule has 1 rings (SSSR count). The zero-order valence-electron chi connectivity index (χ0n) is 6.00. The van der Waals surface area contributed by atoms with Gasteiger partial charge in [-0.3, -0.25) is 0 Å². The molecular weight excluding hydrogens is 144 g/mol. The van der Waals surface area contributed by atoms with Crippen LogP contribution in [0.25, 0.3) is 0 Å². The molecule has 0 bridgehead atoms. The summed E-state index contributed by atoms with van der Waals surface area (Å²) in [5.74, 6) is -1.61. The van der Waals surface area contributed by atoms with Gasteiger partial charge in [0.25, 0.3) is 0 Å². The normalized spacial score (nSPS) is 9.55. The summed E-state index contributed by atoms with van der Waals surface area (Å²) in [6.07, 6.45) is 0. The van der Waals surface area contributed by atoms with Gasteiger partial charge in [0, 0.05) is 0 Å². The minimum Gasteiger partial charge on any atom is -0.507 e. The number of hydrogen-bond donors (Lipinski definition) is 1. The lowest BCUT2D eigenvalue weighted by Gasteiger charge is -1.97. The summed E-state index contributed by atoms with van der Waals surface area (Å²) >= 11 is 0. The fourth-order valence-corrected chi connectivity index (χ4v) is 0.813. The SMILES string of the molecule is Cc1ccc(O)c(C([O])=O)c1. The molecule has 0 fully saturated rings. The van der Waals surface area contributed by atoms with Gasteiger partial charge >= 0.3 is 5.97 Å². The number of aromatic hydroxyl groups is 1. The molecule has 3 heteroatoms. The lowest BCUT2D eigenvalue weighted by molar-refractivity contribution is 0.0570. The molecule has 0 spiro atoms. The van der Waals surface area contributed by atoms with Gasteiger partial charge in [0.15, 0.2) is 0 Å². The van der Waals surface area contributed by atoms with Crippen molar-refractivity contribution in [3.63, 3.8) is 0 Å². The van der Waals surface area contributed by atoms with E-state index in [-0.39, 0.29) is 11.3 Å². The molecule has 1 aromatic carbocycles. The Balaban J connectivity index is 3.23. The summed E-state index contributed by atoms with van der Waals surface area (Å²) in [6, 6.07) is 4.33. The molecule has 0 heterocycles. The van der Waals surface area contributed by atoms with Crippen LogP contribution in [-0.4, -0.2) is 11.1 Å². The Morgan fingerprint density at radius 1 is 1.45 bits per heavy atom. The van der Waals surface area contributed by atoms with Crippen LogP contribution >= 0.6 is 0 Å². The van der Waals surface area contributed by atoms with E-state index in [2.05, 4.69) is 0 Å². The Morgan fingerprint density at radius 2 is 2.09 bits per heavy atom. The zero-order valence-corrected chi connectivity index (χ0v) is 6.00. The molecule has 0 atom stereocenters. The first-order valence-corrected chi connectivity index (χ1v) is 3.12. The van der Waals surface area contributed by atoms with Gasteiger partial charge in [-0.25, -0.2) is 9.90 Å². The van der Waals surface area contributed by atoms with Crippen molar-refractivity contribution in [1.82, 2.24) is 0 Å². The van der Waals surface area contributed by atoms with E-state index in [1.807, 2.05) is 0 Å². The van der Waals surface area contributed by atoms with Crippen LogP contribution in [0.4, 0.5) is 0 Å². The molecule has 0 aromatic heterocycles. The lowest BCUT2D eigenvalue weighted by atomic mass is 10.1. The number of phenolic OH excluding ortho intramolecular Hbond substituents is 1. The predicted molar refractivity (Wildman–Crippen MR) is 37.9 cm³/mol. The van der Waals surface area contributed by atoms with Gasteiger partial charge in [0.2, 0.25) is 0 Å². The molecule has 1 N–H and O–H groups in total. The molecule has 0 aliphatic carbocycles. The molecule has 57 valence electrons. The summed E-state index contributed by atoms with van der Waals surface area (Å²) < 4.78 is 0. The third-order valence-corrected chi connectivity index (χ3v) is 1.37. The van der Waals surface area contributed by atoms with Crippen LogP contribution in [0.3, 0.4) is 0 Å². The first kappa shape index (κ1) is 7.60. The van der Waals surface area contributed by atoms with E-state index in [4.69, 9.17) is 5.11 Å². The van der Waals surface area contributed by atoms with Crippen LogP contribution in [0.1, 0.15) is 15.9 Å². The van der Waals surface area contributed by atoms with Gasteiger partial charge in [-0.05, 0) is 24.6 Å². The fourth-order valence-electron chi connectivity index (χ4n) is 0.813. The minimum atomic E-state index is -1.36. The number of carbonyl (C=O) groups is 1. The second kappa shape index (κ2) is 2.62. The maximum atomic E-state index is 10.3. The first-order valence-electron chi connectivity index (χ1n) is 3.12. The van der Waals surface area contributed by atoms with Gasteiger partial charge in [-0.1, -0.05) is 6.07 Å². The highest BCUT2D eigenvalue weighted by molar-refractivity contribution is 5.90. The van der Waals surface area contributed by atoms with Crippen molar-refractivity contribution in [1.29, 1.82) is 0 Å². The number of phenols is 1. The second-order valence-corrected chi connectivity index (χ2v) is 2.31. The van der Waals surface area contributed by atoms with Crippen molar-refractivity contribution in [2.24, 2.45) is 0 Å². The Bertz CT molecular complexity index is 291. The highest BCUT2D eigenvalue weighted by Gasteiger charge is 2.10. The minimum absolute atomic E-state index is 0.162. The number of rotatable bonds is 1. The Morgan fingerprint density at radius 3 is 2.55 bits per heavy atom. The molecule has 1 aromatic rings. The smallest absolute Gasteiger partial charge is 0.390 e. The largest absolute Gasteiger partial charge is 0.507 e. The summed E-state index contributed by atoms with van der Waals surface area (Å²) in [5.41, 5.74) is 0.618. The monoisotopic (exact) mass is 151 g/mol. The Hall–Kier alpha value is -1.51. The molecule has 0 unspecified atom stereocenters. The third-order valence-electron chi connectivity index (χ3n) is 1.37. The first-order chi connectivity index (χ1) is 5.11. The number of aryl methyl sites for hydroxylation is 1. The van der Waals surface area contributed by atoms with E-state index in [1.165, 1.54) is 12.1 Å². The van der Waals surface area contributed by atoms with Crippen LogP contribution < -0.4 is 0 Å². The van der Waals surface area contributed by atoms with Crippen molar-refractivity contribution in [2.45, 2.75) is 6.92 Å². The topological polar surface area (TPSA) is 57.2 Å². The van der Waals surface area contributed by atoms with E-state index in [0.717, 1.165) is 5.56 Å². The number of carbonyl (C=O) groups excluding carboxylic acids is 1. The molecule has 0 saturated heterocycles. The van der Waals surface area contributed by atoms with Crippen LogP contribution in [0.15, 0.2) is 18.2 Å². The maximum absolute atomic E-state index is 10.3. The average molecular weight is 151 g/mol. The standard InChI is InChI=1S/C8H7O3/c1-5-2-3-7(9)6(4-5)8(10)11/h2-4,9H,1H3. The summed E-state index contributed by atoms with van der Waals surface area (Å²) in [6.45, 7) is 1.74.